The fourth-order valence-electron chi connectivity index (χ4n) is 3.77. The van der Waals surface area contributed by atoms with Crippen molar-refractivity contribution >= 4 is 28.2 Å². The van der Waals surface area contributed by atoms with E-state index in [4.69, 9.17) is 21.7 Å². The summed E-state index contributed by atoms with van der Waals surface area (Å²) < 4.78 is 10.8. The largest absolute Gasteiger partial charge is 0.493 e. The zero-order valence-corrected chi connectivity index (χ0v) is 20.7. The Labute approximate surface area is 200 Å². The van der Waals surface area contributed by atoms with E-state index < -0.39 is 0 Å². The van der Waals surface area contributed by atoms with Crippen LogP contribution in [0.1, 0.15) is 36.5 Å². The number of hydrogen-bond donors (Lipinski definition) is 2. The Morgan fingerprint density at radius 2 is 1.88 bits per heavy atom. The smallest absolute Gasteiger partial charge is 0.253 e. The number of aromatic amines is 1. The molecule has 0 aliphatic carbocycles. The number of fused-ring (bicyclic) bond motifs is 1. The summed E-state index contributed by atoms with van der Waals surface area (Å²) in [4.78, 5) is 18.0. The van der Waals surface area contributed by atoms with Crippen molar-refractivity contribution in [1.29, 1.82) is 0 Å². The average Bonchev–Trinajstić information content (AvgIpc) is 2.81. The molecule has 0 radical (unpaired) electrons. The molecule has 176 valence electrons. The molecule has 0 bridgehead atoms. The molecule has 2 N–H and O–H groups in total. The van der Waals surface area contributed by atoms with Gasteiger partial charge in [0, 0.05) is 30.1 Å². The highest BCUT2D eigenvalue weighted by atomic mass is 32.1. The number of nitrogens with zero attached hydrogens (tertiary/aromatic N) is 1. The van der Waals surface area contributed by atoms with E-state index in [9.17, 15) is 4.79 Å². The maximum atomic E-state index is 12.9. The number of aromatic nitrogens is 1. The molecular formula is C26H33N3O3S. The van der Waals surface area contributed by atoms with Gasteiger partial charge in [-0.2, -0.15) is 0 Å². The summed E-state index contributed by atoms with van der Waals surface area (Å²) >= 11 is 5.71. The lowest BCUT2D eigenvalue weighted by Gasteiger charge is -2.26. The van der Waals surface area contributed by atoms with Crippen LogP contribution < -0.4 is 20.3 Å². The summed E-state index contributed by atoms with van der Waals surface area (Å²) in [7, 11) is 3.18. The van der Waals surface area contributed by atoms with Crippen LogP contribution >= 0.6 is 12.2 Å². The van der Waals surface area contributed by atoms with E-state index in [2.05, 4.69) is 53.3 Å². The number of H-pyrrole nitrogens is 1. The van der Waals surface area contributed by atoms with E-state index in [-0.39, 0.29) is 5.56 Å². The van der Waals surface area contributed by atoms with E-state index in [1.54, 1.807) is 20.3 Å². The molecule has 33 heavy (non-hydrogen) atoms. The minimum absolute atomic E-state index is 0.133. The van der Waals surface area contributed by atoms with Gasteiger partial charge in [-0.05, 0) is 49.7 Å². The summed E-state index contributed by atoms with van der Waals surface area (Å²) in [6.07, 6.45) is 2.98. The van der Waals surface area contributed by atoms with Gasteiger partial charge < -0.3 is 24.7 Å². The van der Waals surface area contributed by atoms with Crippen LogP contribution in [0.15, 0.2) is 47.3 Å². The third-order valence-corrected chi connectivity index (χ3v) is 6.04. The normalized spacial score (nSPS) is 10.8. The van der Waals surface area contributed by atoms with E-state index in [1.807, 2.05) is 12.1 Å². The number of thiocarbonyl (C=S) groups is 1. The third-order valence-electron chi connectivity index (χ3n) is 5.63. The maximum absolute atomic E-state index is 12.9. The summed E-state index contributed by atoms with van der Waals surface area (Å²) in [5.41, 5.74) is 3.71. The minimum Gasteiger partial charge on any atom is -0.493 e. The van der Waals surface area contributed by atoms with Crippen LogP contribution in [0.25, 0.3) is 10.9 Å². The second-order valence-electron chi connectivity index (χ2n) is 8.16. The van der Waals surface area contributed by atoms with E-state index in [1.165, 1.54) is 11.1 Å². The molecule has 6 nitrogen and oxygen atoms in total. The number of hydrogen-bond acceptors (Lipinski definition) is 4. The van der Waals surface area contributed by atoms with Gasteiger partial charge in [0.05, 0.1) is 26.3 Å². The van der Waals surface area contributed by atoms with Gasteiger partial charge in [0.1, 0.15) is 0 Å². The zero-order chi connectivity index (χ0) is 23.8. The molecule has 1 heterocycles. The summed E-state index contributed by atoms with van der Waals surface area (Å²) in [5.74, 6) is 1.20. The number of nitrogens with one attached hydrogen (secondary N) is 2. The van der Waals surface area contributed by atoms with Crippen LogP contribution in [0.2, 0.25) is 0 Å². The molecule has 2 aromatic carbocycles. The van der Waals surface area contributed by atoms with Gasteiger partial charge in [0.25, 0.3) is 5.56 Å². The Balaban J connectivity index is 1.87. The minimum atomic E-state index is -0.133. The molecule has 3 rings (SSSR count). The van der Waals surface area contributed by atoms with Crippen LogP contribution in [0.5, 0.6) is 11.5 Å². The van der Waals surface area contributed by atoms with Gasteiger partial charge in [0.15, 0.2) is 16.6 Å². The molecule has 0 aliphatic heterocycles. The first kappa shape index (κ1) is 24.6. The fourth-order valence-corrected chi connectivity index (χ4v) is 4.03. The molecule has 0 fully saturated rings. The van der Waals surface area contributed by atoms with E-state index in [0.29, 0.717) is 40.8 Å². The molecule has 3 aromatic rings. The van der Waals surface area contributed by atoms with Gasteiger partial charge in [-0.15, -0.1) is 0 Å². The lowest BCUT2D eigenvalue weighted by atomic mass is 10.1. The monoisotopic (exact) mass is 467 g/mol. The summed E-state index contributed by atoms with van der Waals surface area (Å²) in [5, 5.41) is 4.90. The van der Waals surface area contributed by atoms with E-state index in [0.717, 1.165) is 31.2 Å². The first-order valence-corrected chi connectivity index (χ1v) is 11.7. The molecule has 0 aliphatic rings. The molecule has 1 aromatic heterocycles. The second-order valence-corrected chi connectivity index (χ2v) is 8.55. The van der Waals surface area contributed by atoms with Crippen molar-refractivity contribution in [2.75, 3.05) is 27.3 Å². The topological polar surface area (TPSA) is 66.6 Å². The molecule has 0 spiro atoms. The summed E-state index contributed by atoms with van der Waals surface area (Å²) in [6, 6.07) is 14.0. The number of rotatable bonds is 10. The van der Waals surface area contributed by atoms with E-state index >= 15 is 0 Å². The van der Waals surface area contributed by atoms with Gasteiger partial charge in [-0.1, -0.05) is 43.2 Å². The second kappa shape index (κ2) is 11.7. The lowest BCUT2D eigenvalue weighted by molar-refractivity contribution is 0.355. The van der Waals surface area contributed by atoms with Crippen molar-refractivity contribution in [3.8, 4) is 11.5 Å². The summed E-state index contributed by atoms with van der Waals surface area (Å²) in [6.45, 7) is 6.20. The first-order valence-electron chi connectivity index (χ1n) is 11.3. The van der Waals surface area contributed by atoms with Crippen LogP contribution in [-0.2, 0) is 13.0 Å². The number of unbranched alkanes of at least 4 members (excludes halogenated alkanes) is 1. The zero-order valence-electron chi connectivity index (χ0n) is 19.9. The molecule has 0 saturated heterocycles. The van der Waals surface area contributed by atoms with Crippen molar-refractivity contribution in [1.82, 2.24) is 15.2 Å². The fraction of sp³-hybridized carbons (Fsp3) is 0.385. The van der Waals surface area contributed by atoms with Crippen molar-refractivity contribution in [3.63, 3.8) is 0 Å². The quantitative estimate of drug-likeness (QED) is 0.336. The average molecular weight is 468 g/mol. The number of methoxy groups -OCH3 is 2. The molecule has 0 unspecified atom stereocenters. The Morgan fingerprint density at radius 1 is 1.12 bits per heavy atom. The highest BCUT2D eigenvalue weighted by Gasteiger charge is 2.15. The van der Waals surface area contributed by atoms with Crippen molar-refractivity contribution in [2.24, 2.45) is 0 Å². The number of ether oxygens (including phenoxy) is 2. The van der Waals surface area contributed by atoms with Crippen molar-refractivity contribution < 1.29 is 9.47 Å². The first-order chi connectivity index (χ1) is 15.9. The van der Waals surface area contributed by atoms with Gasteiger partial charge in [0.2, 0.25) is 0 Å². The molecule has 0 saturated carbocycles. The number of pyridine rings is 1. The van der Waals surface area contributed by atoms with Crippen LogP contribution in [0.3, 0.4) is 0 Å². The number of benzene rings is 2. The Kier molecular flexibility index (Phi) is 8.72. The Bertz CT molecular complexity index is 1160. The lowest BCUT2D eigenvalue weighted by Crippen LogP contribution is -2.41. The number of aryl methyl sites for hydroxylation is 1. The molecule has 0 amide bonds. The van der Waals surface area contributed by atoms with Crippen molar-refractivity contribution in [2.45, 2.75) is 39.7 Å². The highest BCUT2D eigenvalue weighted by Crippen LogP contribution is 2.31. The predicted octanol–water partition coefficient (Wildman–Crippen LogP) is 4.57. The van der Waals surface area contributed by atoms with Crippen molar-refractivity contribution in [3.05, 3.63) is 69.5 Å². The Morgan fingerprint density at radius 3 is 2.58 bits per heavy atom. The molecule has 7 heteroatoms. The Hall–Kier alpha value is -3.06. The molecular weight excluding hydrogens is 434 g/mol. The van der Waals surface area contributed by atoms with Crippen LogP contribution in [0, 0.1) is 6.92 Å². The molecule has 0 atom stereocenters. The standard InChI is InChI=1S/C26H33N3O3S/c1-5-6-11-27-26(33)29(12-10-19-9-7-8-18(2)13-19)17-21-14-20-15-23(31-3)24(32-4)16-22(20)28-25(21)30/h7-9,13-16H,5-6,10-12,17H2,1-4H3,(H,27,33)(H,28,30). The van der Waals surface area contributed by atoms with Gasteiger partial charge in [-0.3, -0.25) is 4.79 Å². The van der Waals surface area contributed by atoms with Gasteiger partial charge in [-0.25, -0.2) is 0 Å². The SMILES string of the molecule is CCCCNC(=S)N(CCc1cccc(C)c1)Cc1cc2cc(OC)c(OC)cc2[nH]c1=O. The maximum Gasteiger partial charge on any atom is 0.253 e. The van der Waals surface area contributed by atoms with Crippen LogP contribution in [-0.4, -0.2) is 42.3 Å². The van der Waals surface area contributed by atoms with Gasteiger partial charge >= 0.3 is 0 Å². The van der Waals surface area contributed by atoms with Crippen LogP contribution in [0.4, 0.5) is 0 Å². The highest BCUT2D eigenvalue weighted by molar-refractivity contribution is 7.80. The third kappa shape index (κ3) is 6.48. The predicted molar refractivity (Wildman–Crippen MR) is 138 cm³/mol.